The van der Waals surface area contributed by atoms with Gasteiger partial charge < -0.3 is 19.0 Å². The van der Waals surface area contributed by atoms with E-state index in [0.29, 0.717) is 22.3 Å². The zero-order valence-electron chi connectivity index (χ0n) is 19.2. The van der Waals surface area contributed by atoms with Crippen LogP contribution in [0.25, 0.3) is 11.0 Å². The summed E-state index contributed by atoms with van der Waals surface area (Å²) in [6.07, 6.45) is 1.94. The maximum absolute atomic E-state index is 13.1. The lowest BCUT2D eigenvalue weighted by molar-refractivity contribution is 0.0506. The number of fused-ring (bicyclic) bond motifs is 1. The van der Waals surface area contributed by atoms with Crippen LogP contribution in [0.1, 0.15) is 51.6 Å². The Kier molecular flexibility index (Phi) is 6.81. The van der Waals surface area contributed by atoms with Gasteiger partial charge in [-0.2, -0.15) is 0 Å². The molecule has 33 heavy (non-hydrogen) atoms. The zero-order valence-corrected chi connectivity index (χ0v) is 19.2. The van der Waals surface area contributed by atoms with Crippen molar-refractivity contribution in [2.45, 2.75) is 39.2 Å². The predicted octanol–water partition coefficient (Wildman–Crippen LogP) is 4.47. The Bertz CT molecular complexity index is 1210. The molecule has 4 rings (SSSR count). The van der Waals surface area contributed by atoms with Gasteiger partial charge in [0, 0.05) is 37.2 Å². The summed E-state index contributed by atoms with van der Waals surface area (Å²) in [5, 5.41) is 9.66. The lowest BCUT2D eigenvalue weighted by Crippen LogP contribution is -2.34. The average Bonchev–Trinajstić information content (AvgIpc) is 2.81. The molecule has 0 bridgehead atoms. The Hall–Kier alpha value is -3.16. The molecule has 1 N–H and O–H groups in total. The van der Waals surface area contributed by atoms with Gasteiger partial charge in [-0.1, -0.05) is 12.1 Å². The monoisotopic (exact) mass is 451 g/mol. The Balaban J connectivity index is 1.60. The van der Waals surface area contributed by atoms with E-state index in [4.69, 9.17) is 19.0 Å². The van der Waals surface area contributed by atoms with E-state index >= 15 is 0 Å². The highest BCUT2D eigenvalue weighted by atomic mass is 16.7. The van der Waals surface area contributed by atoms with Crippen LogP contribution in [0.5, 0.6) is 5.75 Å². The van der Waals surface area contributed by atoms with Gasteiger partial charge in [-0.25, -0.2) is 4.79 Å². The SMILES string of the molecule is COCOc1ccc2c(=O)c(C)c(C3CCCN(Cc4ccc(C(=O)O)cc4)C3)oc2c1C. The number of rotatable bonds is 7. The van der Waals surface area contributed by atoms with Crippen LogP contribution in [0.15, 0.2) is 45.6 Å². The van der Waals surface area contributed by atoms with E-state index in [1.165, 1.54) is 0 Å². The predicted molar refractivity (Wildman–Crippen MR) is 125 cm³/mol. The van der Waals surface area contributed by atoms with Gasteiger partial charge in [0.2, 0.25) is 0 Å². The van der Waals surface area contributed by atoms with Crippen LogP contribution in [0, 0.1) is 13.8 Å². The molecule has 7 heteroatoms. The second kappa shape index (κ2) is 9.77. The van der Waals surface area contributed by atoms with Crippen molar-refractivity contribution in [3.63, 3.8) is 0 Å². The van der Waals surface area contributed by atoms with Gasteiger partial charge in [-0.15, -0.1) is 0 Å². The Labute approximate surface area is 192 Å². The van der Waals surface area contributed by atoms with Gasteiger partial charge >= 0.3 is 5.97 Å². The minimum absolute atomic E-state index is 0.00553. The van der Waals surface area contributed by atoms with Crippen molar-refractivity contribution >= 4 is 16.9 Å². The highest BCUT2D eigenvalue weighted by Gasteiger charge is 2.27. The zero-order chi connectivity index (χ0) is 23.5. The third-order valence-corrected chi connectivity index (χ3v) is 6.34. The summed E-state index contributed by atoms with van der Waals surface area (Å²) in [6.45, 7) is 6.30. The van der Waals surface area contributed by atoms with E-state index in [9.17, 15) is 9.59 Å². The summed E-state index contributed by atoms with van der Waals surface area (Å²) in [6, 6.07) is 10.5. The molecular formula is C26H29NO6. The minimum Gasteiger partial charge on any atom is -0.478 e. The summed E-state index contributed by atoms with van der Waals surface area (Å²) in [5.74, 6) is 0.562. The number of carboxylic acids is 1. The molecule has 0 amide bonds. The second-order valence-corrected chi connectivity index (χ2v) is 8.61. The Morgan fingerprint density at radius 3 is 2.61 bits per heavy atom. The summed E-state index contributed by atoms with van der Waals surface area (Å²) < 4.78 is 17.0. The van der Waals surface area contributed by atoms with Gasteiger partial charge in [-0.3, -0.25) is 9.69 Å². The smallest absolute Gasteiger partial charge is 0.335 e. The second-order valence-electron chi connectivity index (χ2n) is 8.61. The number of aromatic carboxylic acids is 1. The molecule has 2 aromatic carbocycles. The highest BCUT2D eigenvalue weighted by Crippen LogP contribution is 2.33. The molecular weight excluding hydrogens is 422 g/mol. The standard InChI is InChI=1S/C26H29NO6/c1-16-22(32-15-31-3)11-10-21-23(28)17(2)24(33-25(16)21)20-5-4-12-27(14-20)13-18-6-8-19(9-7-18)26(29)30/h6-11,20H,4-5,12-15H2,1-3H3,(H,29,30). The number of piperidine rings is 1. The first-order chi connectivity index (χ1) is 15.9. The molecule has 0 aliphatic carbocycles. The Morgan fingerprint density at radius 1 is 1.15 bits per heavy atom. The highest BCUT2D eigenvalue weighted by molar-refractivity contribution is 5.87. The molecule has 0 radical (unpaired) electrons. The lowest BCUT2D eigenvalue weighted by Gasteiger charge is -2.32. The van der Waals surface area contributed by atoms with Crippen molar-refractivity contribution in [3.05, 3.63) is 74.6 Å². The van der Waals surface area contributed by atoms with Crippen molar-refractivity contribution in [2.24, 2.45) is 0 Å². The van der Waals surface area contributed by atoms with E-state index in [1.807, 2.05) is 26.0 Å². The minimum atomic E-state index is -0.924. The number of benzene rings is 2. The fourth-order valence-electron chi connectivity index (χ4n) is 4.58. The number of nitrogens with zero attached hydrogens (tertiary/aromatic N) is 1. The number of hydrogen-bond donors (Lipinski definition) is 1. The van der Waals surface area contributed by atoms with Gasteiger partial charge in [0.25, 0.3) is 0 Å². The van der Waals surface area contributed by atoms with Crippen LogP contribution in [0.2, 0.25) is 0 Å². The Morgan fingerprint density at radius 2 is 1.91 bits per heavy atom. The maximum atomic E-state index is 13.1. The van der Waals surface area contributed by atoms with Gasteiger partial charge in [0.1, 0.15) is 17.1 Å². The maximum Gasteiger partial charge on any atom is 0.335 e. The molecule has 1 aliphatic rings. The van der Waals surface area contributed by atoms with Crippen LogP contribution < -0.4 is 10.2 Å². The first-order valence-corrected chi connectivity index (χ1v) is 11.1. The fraction of sp³-hybridized carbons (Fsp3) is 0.385. The fourth-order valence-corrected chi connectivity index (χ4v) is 4.58. The van der Waals surface area contributed by atoms with Crippen molar-refractivity contribution in [1.82, 2.24) is 4.90 Å². The number of likely N-dealkylation sites (tertiary alicyclic amines) is 1. The van der Waals surface area contributed by atoms with Crippen LogP contribution in [-0.2, 0) is 11.3 Å². The summed E-state index contributed by atoms with van der Waals surface area (Å²) in [7, 11) is 1.56. The average molecular weight is 452 g/mol. The molecule has 0 spiro atoms. The summed E-state index contributed by atoms with van der Waals surface area (Å²) in [5.41, 5.74) is 3.35. The first kappa shape index (κ1) is 23.0. The lowest BCUT2D eigenvalue weighted by atomic mass is 9.92. The van der Waals surface area contributed by atoms with Crippen molar-refractivity contribution in [1.29, 1.82) is 0 Å². The van der Waals surface area contributed by atoms with Crippen LogP contribution in [-0.4, -0.2) is 43.0 Å². The van der Waals surface area contributed by atoms with Crippen LogP contribution in [0.3, 0.4) is 0 Å². The molecule has 3 aromatic rings. The number of carboxylic acid groups (broad SMARTS) is 1. The topological polar surface area (TPSA) is 89.2 Å². The third kappa shape index (κ3) is 4.79. The molecule has 1 aliphatic heterocycles. The molecule has 0 saturated carbocycles. The number of methoxy groups -OCH3 is 1. The van der Waals surface area contributed by atoms with Gasteiger partial charge in [-0.05, 0) is 63.1 Å². The summed E-state index contributed by atoms with van der Waals surface area (Å²) >= 11 is 0. The van der Waals surface area contributed by atoms with Crippen molar-refractivity contribution in [2.75, 3.05) is 27.0 Å². The molecule has 1 aromatic heterocycles. The third-order valence-electron chi connectivity index (χ3n) is 6.34. The molecule has 2 heterocycles. The van der Waals surface area contributed by atoms with E-state index < -0.39 is 5.97 Å². The number of hydrogen-bond acceptors (Lipinski definition) is 6. The largest absolute Gasteiger partial charge is 0.478 e. The normalized spacial score (nSPS) is 16.8. The van der Waals surface area contributed by atoms with Crippen molar-refractivity contribution < 1.29 is 23.8 Å². The van der Waals surface area contributed by atoms with Crippen LogP contribution in [0.4, 0.5) is 0 Å². The molecule has 1 atom stereocenters. The molecule has 7 nitrogen and oxygen atoms in total. The van der Waals surface area contributed by atoms with E-state index in [-0.39, 0.29) is 23.7 Å². The number of aryl methyl sites for hydroxylation is 1. The van der Waals surface area contributed by atoms with Gasteiger partial charge in [0.15, 0.2) is 12.2 Å². The number of ether oxygens (including phenoxy) is 2. The molecule has 174 valence electrons. The van der Waals surface area contributed by atoms with Crippen molar-refractivity contribution in [3.8, 4) is 5.75 Å². The first-order valence-electron chi connectivity index (χ1n) is 11.1. The van der Waals surface area contributed by atoms with Crippen LogP contribution >= 0.6 is 0 Å². The molecule has 1 fully saturated rings. The quantitative estimate of drug-likeness (QED) is 0.530. The van der Waals surface area contributed by atoms with Gasteiger partial charge in [0.05, 0.1) is 10.9 Å². The molecule has 1 saturated heterocycles. The number of carbonyl (C=O) groups is 1. The van der Waals surface area contributed by atoms with E-state index in [0.717, 1.165) is 49.4 Å². The summed E-state index contributed by atoms with van der Waals surface area (Å²) in [4.78, 5) is 26.6. The van der Waals surface area contributed by atoms with E-state index in [2.05, 4.69) is 4.90 Å². The van der Waals surface area contributed by atoms with E-state index in [1.54, 1.807) is 31.4 Å². The molecule has 1 unspecified atom stereocenters.